The van der Waals surface area contributed by atoms with E-state index in [-0.39, 0.29) is 0 Å². The first-order valence-electron chi connectivity index (χ1n) is 5.69. The maximum absolute atomic E-state index is 10.9. The first-order valence-corrected chi connectivity index (χ1v) is 5.69. The van der Waals surface area contributed by atoms with Crippen LogP contribution in [0.5, 0.6) is 0 Å². The van der Waals surface area contributed by atoms with Gasteiger partial charge in [-0.2, -0.15) is 0 Å². The molecule has 0 radical (unpaired) electrons. The number of hydrogen-bond acceptors (Lipinski definition) is 1. The van der Waals surface area contributed by atoms with Gasteiger partial charge < -0.3 is 4.79 Å². The Labute approximate surface area is 92.5 Å². The van der Waals surface area contributed by atoms with Crippen molar-refractivity contribution in [2.75, 3.05) is 0 Å². The number of carbonyl (C=O) groups excluding carboxylic acids is 1. The third kappa shape index (κ3) is 3.86. The van der Waals surface area contributed by atoms with Crippen molar-refractivity contribution in [2.24, 2.45) is 0 Å². The van der Waals surface area contributed by atoms with Gasteiger partial charge in [0.25, 0.3) is 0 Å². The highest BCUT2D eigenvalue weighted by atomic mass is 16.1. The van der Waals surface area contributed by atoms with Crippen molar-refractivity contribution in [2.45, 2.75) is 46.0 Å². The number of hydrogen-bond donors (Lipinski definition) is 0. The van der Waals surface area contributed by atoms with Crippen LogP contribution in [0, 0.1) is 6.92 Å². The maximum atomic E-state index is 10.9. The van der Waals surface area contributed by atoms with Crippen molar-refractivity contribution in [3.05, 3.63) is 35.4 Å². The van der Waals surface area contributed by atoms with Crippen LogP contribution in [0.2, 0.25) is 0 Å². The second kappa shape index (κ2) is 5.69. The van der Waals surface area contributed by atoms with E-state index in [1.54, 1.807) is 6.92 Å². The lowest BCUT2D eigenvalue weighted by molar-refractivity contribution is -0.117. The summed E-state index contributed by atoms with van der Waals surface area (Å²) in [5.74, 6) is 0.829. The summed E-state index contributed by atoms with van der Waals surface area (Å²) in [5.41, 5.74) is 2.66. The van der Waals surface area contributed by atoms with E-state index in [2.05, 4.69) is 38.1 Å². The monoisotopic (exact) mass is 204 g/mol. The molecule has 0 heterocycles. The summed E-state index contributed by atoms with van der Waals surface area (Å²) in [7, 11) is 0. The van der Waals surface area contributed by atoms with E-state index in [9.17, 15) is 4.79 Å². The Bertz CT molecular complexity index is 311. The number of carbonyl (C=O) groups is 1. The molecule has 0 aliphatic carbocycles. The summed E-state index contributed by atoms with van der Waals surface area (Å²) < 4.78 is 0. The van der Waals surface area contributed by atoms with Gasteiger partial charge in [0, 0.05) is 6.42 Å². The molecule has 0 aromatic heterocycles. The zero-order valence-corrected chi connectivity index (χ0v) is 9.92. The minimum absolute atomic E-state index is 0.292. The number of benzene rings is 1. The number of aryl methyl sites for hydroxylation is 1. The van der Waals surface area contributed by atoms with Crippen molar-refractivity contribution in [1.29, 1.82) is 0 Å². The number of rotatable bonds is 5. The molecule has 1 rings (SSSR count). The largest absolute Gasteiger partial charge is 0.300 e. The molecule has 1 nitrogen and oxygen atoms in total. The van der Waals surface area contributed by atoms with Crippen molar-refractivity contribution < 1.29 is 4.79 Å². The van der Waals surface area contributed by atoms with Gasteiger partial charge in [-0.1, -0.05) is 36.8 Å². The molecule has 0 N–H and O–H groups in total. The Morgan fingerprint density at radius 1 is 1.27 bits per heavy atom. The Hall–Kier alpha value is -1.11. The van der Waals surface area contributed by atoms with Crippen LogP contribution in [0.25, 0.3) is 0 Å². The van der Waals surface area contributed by atoms with Gasteiger partial charge in [0.2, 0.25) is 0 Å². The Kier molecular flexibility index (Phi) is 4.54. The minimum Gasteiger partial charge on any atom is -0.300 e. The lowest BCUT2D eigenvalue weighted by Crippen LogP contribution is -2.00. The molecule has 1 atom stereocenters. The molecular weight excluding hydrogens is 184 g/mol. The summed E-state index contributed by atoms with van der Waals surface area (Å²) in [5, 5.41) is 0. The van der Waals surface area contributed by atoms with Crippen LogP contribution < -0.4 is 0 Å². The number of ketones is 1. The second-order valence-corrected chi connectivity index (χ2v) is 4.26. The molecule has 1 heteroatoms. The molecule has 0 aliphatic rings. The van der Waals surface area contributed by atoms with Gasteiger partial charge in [0.15, 0.2) is 0 Å². The van der Waals surface area contributed by atoms with E-state index in [0.717, 1.165) is 12.8 Å². The molecule has 0 unspecified atom stereocenters. The first-order chi connectivity index (χ1) is 7.13. The van der Waals surface area contributed by atoms with Crippen LogP contribution in [-0.2, 0) is 4.79 Å². The highest BCUT2D eigenvalue weighted by molar-refractivity contribution is 5.75. The van der Waals surface area contributed by atoms with E-state index in [1.165, 1.54) is 11.1 Å². The molecule has 0 spiro atoms. The molecule has 0 aliphatic heterocycles. The fourth-order valence-electron chi connectivity index (χ4n) is 1.82. The third-order valence-corrected chi connectivity index (χ3v) is 2.89. The smallest absolute Gasteiger partial charge is 0.129 e. The van der Waals surface area contributed by atoms with Crippen LogP contribution in [0.15, 0.2) is 24.3 Å². The van der Waals surface area contributed by atoms with Crippen molar-refractivity contribution in [3.8, 4) is 0 Å². The highest BCUT2D eigenvalue weighted by Gasteiger charge is 2.09. The average molecular weight is 204 g/mol. The van der Waals surface area contributed by atoms with Gasteiger partial charge in [-0.3, -0.25) is 0 Å². The van der Waals surface area contributed by atoms with E-state index in [0.29, 0.717) is 18.1 Å². The zero-order valence-electron chi connectivity index (χ0n) is 9.92. The van der Waals surface area contributed by atoms with E-state index in [1.807, 2.05) is 0 Å². The molecular formula is C14H20O. The molecule has 1 aromatic carbocycles. The second-order valence-electron chi connectivity index (χ2n) is 4.26. The predicted octanol–water partition coefficient (Wildman–Crippen LogP) is 3.86. The Morgan fingerprint density at radius 3 is 2.33 bits per heavy atom. The lowest BCUT2D eigenvalue weighted by Gasteiger charge is -2.14. The summed E-state index contributed by atoms with van der Waals surface area (Å²) in [6.45, 7) is 5.95. The third-order valence-electron chi connectivity index (χ3n) is 2.89. The van der Waals surface area contributed by atoms with Gasteiger partial charge in [-0.25, -0.2) is 0 Å². The zero-order chi connectivity index (χ0) is 11.3. The summed E-state index contributed by atoms with van der Waals surface area (Å²) in [6, 6.07) is 8.66. The SMILES string of the molecule is CC[C@@H](CCC(C)=O)c1ccc(C)cc1. The van der Waals surface area contributed by atoms with Gasteiger partial charge in [0.1, 0.15) is 5.78 Å². The first kappa shape index (κ1) is 12.0. The van der Waals surface area contributed by atoms with Crippen LogP contribution >= 0.6 is 0 Å². The van der Waals surface area contributed by atoms with E-state index >= 15 is 0 Å². The van der Waals surface area contributed by atoms with Gasteiger partial charge in [0.05, 0.1) is 0 Å². The molecule has 82 valence electrons. The molecule has 15 heavy (non-hydrogen) atoms. The predicted molar refractivity (Wildman–Crippen MR) is 64.1 cm³/mol. The molecule has 0 amide bonds. The minimum atomic E-state index is 0.292. The quantitative estimate of drug-likeness (QED) is 0.711. The normalized spacial score (nSPS) is 12.5. The molecule has 1 aromatic rings. The van der Waals surface area contributed by atoms with Crippen LogP contribution in [0.4, 0.5) is 0 Å². The fraction of sp³-hybridized carbons (Fsp3) is 0.500. The van der Waals surface area contributed by atoms with Crippen LogP contribution in [0.3, 0.4) is 0 Å². The van der Waals surface area contributed by atoms with Crippen molar-refractivity contribution >= 4 is 5.78 Å². The molecule has 0 saturated carbocycles. The number of Topliss-reactive ketones (excluding diaryl/α,β-unsaturated/α-hetero) is 1. The lowest BCUT2D eigenvalue weighted by atomic mass is 9.91. The topological polar surface area (TPSA) is 17.1 Å². The van der Waals surface area contributed by atoms with Crippen LogP contribution in [0.1, 0.15) is 50.2 Å². The van der Waals surface area contributed by atoms with Gasteiger partial charge in [-0.15, -0.1) is 0 Å². The fourth-order valence-corrected chi connectivity index (χ4v) is 1.82. The molecule has 0 saturated heterocycles. The highest BCUT2D eigenvalue weighted by Crippen LogP contribution is 2.24. The van der Waals surface area contributed by atoms with Crippen molar-refractivity contribution in [1.82, 2.24) is 0 Å². The Morgan fingerprint density at radius 2 is 1.87 bits per heavy atom. The average Bonchev–Trinajstić information content (AvgIpc) is 2.21. The maximum Gasteiger partial charge on any atom is 0.129 e. The summed E-state index contributed by atoms with van der Waals surface area (Å²) >= 11 is 0. The van der Waals surface area contributed by atoms with Crippen molar-refractivity contribution in [3.63, 3.8) is 0 Å². The Balaban J connectivity index is 2.65. The summed E-state index contributed by atoms with van der Waals surface area (Å²) in [6.07, 6.45) is 2.79. The van der Waals surface area contributed by atoms with Crippen LogP contribution in [-0.4, -0.2) is 5.78 Å². The van der Waals surface area contributed by atoms with E-state index in [4.69, 9.17) is 0 Å². The van der Waals surface area contributed by atoms with Gasteiger partial charge >= 0.3 is 0 Å². The van der Waals surface area contributed by atoms with Gasteiger partial charge in [-0.05, 0) is 38.2 Å². The molecule has 0 fully saturated rings. The van der Waals surface area contributed by atoms with E-state index < -0.39 is 0 Å². The standard InChI is InChI=1S/C14H20O/c1-4-13(10-7-12(3)15)14-8-5-11(2)6-9-14/h5-6,8-9,13H,4,7,10H2,1-3H3/t13-/m0/s1. The molecule has 0 bridgehead atoms. The summed E-state index contributed by atoms with van der Waals surface area (Å²) in [4.78, 5) is 10.9.